The summed E-state index contributed by atoms with van der Waals surface area (Å²) in [6.45, 7) is 6.17. The van der Waals surface area contributed by atoms with Gasteiger partial charge in [-0.1, -0.05) is 18.2 Å². The van der Waals surface area contributed by atoms with Crippen molar-refractivity contribution in [3.63, 3.8) is 0 Å². The van der Waals surface area contributed by atoms with E-state index in [0.717, 1.165) is 31.9 Å². The molecule has 0 unspecified atom stereocenters. The monoisotopic (exact) mass is 519 g/mol. The molecule has 0 saturated carbocycles. The predicted octanol–water partition coefficient (Wildman–Crippen LogP) is 4.15. The zero-order chi connectivity index (χ0) is 26.5. The van der Waals surface area contributed by atoms with E-state index in [-0.39, 0.29) is 17.1 Å². The fraction of sp³-hybridized carbons (Fsp3) is 0.321. The first-order valence-corrected chi connectivity index (χ1v) is 12.7. The van der Waals surface area contributed by atoms with Crippen molar-refractivity contribution in [2.45, 2.75) is 6.54 Å². The maximum absolute atomic E-state index is 14.0. The van der Waals surface area contributed by atoms with Gasteiger partial charge in [-0.2, -0.15) is 0 Å². The van der Waals surface area contributed by atoms with Crippen molar-refractivity contribution in [3.05, 3.63) is 93.8 Å². The summed E-state index contributed by atoms with van der Waals surface area (Å²) < 4.78 is 19.4. The number of morpholine rings is 1. The minimum atomic E-state index is -0.495. The molecule has 38 heavy (non-hydrogen) atoms. The minimum Gasteiger partial charge on any atom is -0.378 e. The zero-order valence-corrected chi connectivity index (χ0v) is 21.0. The number of benzene rings is 3. The average molecular weight is 520 g/mol. The molecule has 2 aliphatic heterocycles. The number of hydrogen-bond donors (Lipinski definition) is 1. The van der Waals surface area contributed by atoms with Gasteiger partial charge in [-0.25, -0.2) is 4.39 Å². The number of piperazine rings is 1. The third kappa shape index (κ3) is 5.92. The van der Waals surface area contributed by atoms with E-state index < -0.39 is 10.8 Å². The van der Waals surface area contributed by atoms with Crippen molar-refractivity contribution in [1.29, 1.82) is 0 Å². The summed E-state index contributed by atoms with van der Waals surface area (Å²) in [5.41, 5.74) is 3.14. The normalized spacial score (nSPS) is 16.3. The summed E-state index contributed by atoms with van der Waals surface area (Å²) in [6, 6.07) is 18.9. The van der Waals surface area contributed by atoms with Crippen LogP contribution in [0.4, 0.5) is 27.1 Å². The Balaban J connectivity index is 1.22. The second-order valence-electron chi connectivity index (χ2n) is 9.41. The third-order valence-corrected chi connectivity index (χ3v) is 7.00. The first kappa shape index (κ1) is 25.6. The summed E-state index contributed by atoms with van der Waals surface area (Å²) in [7, 11) is 0. The summed E-state index contributed by atoms with van der Waals surface area (Å²) in [4.78, 5) is 30.6. The first-order chi connectivity index (χ1) is 18.5. The molecule has 5 rings (SSSR count). The molecule has 0 aliphatic carbocycles. The lowest BCUT2D eigenvalue weighted by Gasteiger charge is -2.36. The van der Waals surface area contributed by atoms with Gasteiger partial charge in [0, 0.05) is 74.9 Å². The van der Waals surface area contributed by atoms with E-state index in [2.05, 4.69) is 15.1 Å². The molecule has 0 aromatic heterocycles. The van der Waals surface area contributed by atoms with Gasteiger partial charge in [0.25, 0.3) is 11.6 Å². The average Bonchev–Trinajstić information content (AvgIpc) is 2.95. The highest BCUT2D eigenvalue weighted by molar-refractivity contribution is 6.08. The molecule has 3 aromatic carbocycles. The zero-order valence-electron chi connectivity index (χ0n) is 21.0. The fourth-order valence-corrected chi connectivity index (χ4v) is 4.89. The Morgan fingerprint density at radius 2 is 1.63 bits per heavy atom. The molecule has 9 nitrogen and oxygen atoms in total. The maximum Gasteiger partial charge on any atom is 0.270 e. The van der Waals surface area contributed by atoms with Gasteiger partial charge in [0.1, 0.15) is 5.82 Å². The number of halogens is 1. The van der Waals surface area contributed by atoms with Gasteiger partial charge in [0.15, 0.2) is 0 Å². The number of hydrogen-bond acceptors (Lipinski definition) is 7. The van der Waals surface area contributed by atoms with Crippen LogP contribution in [0.25, 0.3) is 0 Å². The summed E-state index contributed by atoms with van der Waals surface area (Å²) in [5.74, 6) is -0.570. The van der Waals surface area contributed by atoms with Gasteiger partial charge in [0.05, 0.1) is 29.4 Å². The van der Waals surface area contributed by atoms with Crippen LogP contribution in [0, 0.1) is 15.9 Å². The minimum absolute atomic E-state index is 0.128. The van der Waals surface area contributed by atoms with E-state index in [1.165, 1.54) is 18.2 Å². The number of nitro benzene ring substituents is 1. The molecule has 0 atom stereocenters. The standard InChI is InChI=1S/C28H30FN5O4/c29-26-4-2-1-3-21(26)20-31-11-13-32(14-12-31)23-7-5-22(6-8-23)30-28(35)25-19-24(34(36)37)9-10-27(25)33-15-17-38-18-16-33/h1-10,19H,11-18,20H2,(H,30,35). The number of rotatable bonds is 7. The lowest BCUT2D eigenvalue weighted by Crippen LogP contribution is -2.46. The molecule has 1 N–H and O–H groups in total. The summed E-state index contributed by atoms with van der Waals surface area (Å²) >= 11 is 0. The molecule has 3 aromatic rings. The Kier molecular flexibility index (Phi) is 7.81. The molecule has 2 fully saturated rings. The Labute approximate surface area is 220 Å². The Morgan fingerprint density at radius 1 is 0.921 bits per heavy atom. The van der Waals surface area contributed by atoms with Crippen molar-refractivity contribution in [2.75, 3.05) is 67.6 Å². The number of anilines is 3. The number of amides is 1. The largest absolute Gasteiger partial charge is 0.378 e. The van der Waals surface area contributed by atoms with Gasteiger partial charge in [-0.3, -0.25) is 19.8 Å². The highest BCUT2D eigenvalue weighted by Gasteiger charge is 2.23. The Bertz CT molecular complexity index is 1290. The van der Waals surface area contributed by atoms with Crippen LogP contribution in [-0.2, 0) is 11.3 Å². The van der Waals surface area contributed by atoms with Gasteiger partial charge < -0.3 is 19.9 Å². The van der Waals surface area contributed by atoms with Crippen LogP contribution in [0.3, 0.4) is 0 Å². The first-order valence-electron chi connectivity index (χ1n) is 12.7. The van der Waals surface area contributed by atoms with E-state index >= 15 is 0 Å². The predicted molar refractivity (Wildman–Crippen MR) is 144 cm³/mol. The van der Waals surface area contributed by atoms with Crippen LogP contribution >= 0.6 is 0 Å². The summed E-state index contributed by atoms with van der Waals surface area (Å²) in [5, 5.41) is 14.2. The van der Waals surface area contributed by atoms with Crippen LogP contribution in [-0.4, -0.2) is 68.2 Å². The third-order valence-electron chi connectivity index (χ3n) is 7.00. The smallest absolute Gasteiger partial charge is 0.270 e. The number of nitro groups is 1. The van der Waals surface area contributed by atoms with Crippen LogP contribution in [0.2, 0.25) is 0 Å². The van der Waals surface area contributed by atoms with E-state index in [4.69, 9.17) is 4.74 Å². The van der Waals surface area contributed by atoms with Crippen LogP contribution in [0.15, 0.2) is 66.7 Å². The van der Waals surface area contributed by atoms with Crippen LogP contribution < -0.4 is 15.1 Å². The van der Waals surface area contributed by atoms with Crippen molar-refractivity contribution < 1.29 is 18.8 Å². The lowest BCUT2D eigenvalue weighted by molar-refractivity contribution is -0.384. The van der Waals surface area contributed by atoms with E-state index in [1.807, 2.05) is 41.3 Å². The fourth-order valence-electron chi connectivity index (χ4n) is 4.89. The number of nitrogens with one attached hydrogen (secondary N) is 1. The molecule has 10 heteroatoms. The van der Waals surface area contributed by atoms with Gasteiger partial charge >= 0.3 is 0 Å². The SMILES string of the molecule is O=C(Nc1ccc(N2CCN(Cc3ccccc3F)CC2)cc1)c1cc([N+](=O)[O-])ccc1N1CCOCC1. The van der Waals surface area contributed by atoms with E-state index in [0.29, 0.717) is 49.8 Å². The van der Waals surface area contributed by atoms with E-state index in [1.54, 1.807) is 12.1 Å². The second-order valence-corrected chi connectivity index (χ2v) is 9.41. The molecule has 198 valence electrons. The molecule has 0 radical (unpaired) electrons. The summed E-state index contributed by atoms with van der Waals surface area (Å²) in [6.07, 6.45) is 0. The van der Waals surface area contributed by atoms with Crippen LogP contribution in [0.1, 0.15) is 15.9 Å². The highest BCUT2D eigenvalue weighted by atomic mass is 19.1. The highest BCUT2D eigenvalue weighted by Crippen LogP contribution is 2.28. The maximum atomic E-state index is 14.0. The number of ether oxygens (including phenoxy) is 1. The van der Waals surface area contributed by atoms with Crippen molar-refractivity contribution in [1.82, 2.24) is 4.90 Å². The van der Waals surface area contributed by atoms with E-state index in [9.17, 15) is 19.3 Å². The lowest BCUT2D eigenvalue weighted by atomic mass is 10.1. The van der Waals surface area contributed by atoms with Crippen molar-refractivity contribution in [2.24, 2.45) is 0 Å². The molecular formula is C28H30FN5O4. The Hall–Kier alpha value is -4.02. The molecule has 2 heterocycles. The van der Waals surface area contributed by atoms with Gasteiger partial charge in [0.2, 0.25) is 0 Å². The van der Waals surface area contributed by atoms with Gasteiger partial charge in [-0.05, 0) is 36.4 Å². The molecule has 0 spiro atoms. The number of carbonyl (C=O) groups excluding carboxylic acids is 1. The molecule has 0 bridgehead atoms. The Morgan fingerprint density at radius 3 is 2.32 bits per heavy atom. The van der Waals surface area contributed by atoms with Gasteiger partial charge in [-0.15, -0.1) is 0 Å². The second kappa shape index (κ2) is 11.6. The molecule has 2 saturated heterocycles. The number of non-ortho nitro benzene ring substituents is 1. The van der Waals surface area contributed by atoms with Crippen molar-refractivity contribution >= 4 is 28.7 Å². The topological polar surface area (TPSA) is 91.2 Å². The molecule has 2 aliphatic rings. The van der Waals surface area contributed by atoms with Crippen molar-refractivity contribution in [3.8, 4) is 0 Å². The molecular weight excluding hydrogens is 489 g/mol. The number of nitrogens with zero attached hydrogens (tertiary/aromatic N) is 4. The quantitative estimate of drug-likeness (QED) is 0.371. The van der Waals surface area contributed by atoms with Crippen LogP contribution in [0.5, 0.6) is 0 Å². The molecule has 1 amide bonds. The number of carbonyl (C=O) groups is 1.